The van der Waals surface area contributed by atoms with Crippen molar-refractivity contribution < 1.29 is 4.74 Å². The van der Waals surface area contributed by atoms with Crippen LogP contribution in [0.25, 0.3) is 0 Å². The Kier molecular flexibility index (Phi) is 11.6. The van der Waals surface area contributed by atoms with Crippen LogP contribution in [-0.2, 0) is 18.3 Å². The number of hydrogen-bond acceptors (Lipinski definition) is 2. The highest BCUT2D eigenvalue weighted by atomic mass is 32.2. The Morgan fingerprint density at radius 1 is 0.744 bits per heavy atom. The summed E-state index contributed by atoms with van der Waals surface area (Å²) in [6, 6.07) is 35.9. The molecule has 0 aliphatic carbocycles. The highest BCUT2D eigenvalue weighted by Crippen LogP contribution is 2.44. The second kappa shape index (κ2) is 15.8. The molecule has 1 aliphatic heterocycles. The van der Waals surface area contributed by atoms with E-state index in [0.717, 1.165) is 31.6 Å². The predicted octanol–water partition coefficient (Wildman–Crippen LogP) is 9.91. The van der Waals surface area contributed by atoms with Crippen LogP contribution >= 0.6 is 19.7 Å². The third-order valence-electron chi connectivity index (χ3n) is 8.44. The van der Waals surface area contributed by atoms with Gasteiger partial charge in [-0.3, -0.25) is 0 Å². The van der Waals surface area contributed by atoms with Gasteiger partial charge >= 0.3 is 0 Å². The molecule has 0 amide bonds. The van der Waals surface area contributed by atoms with Crippen LogP contribution in [0.4, 0.5) is 0 Å². The minimum atomic E-state index is -0.590. The van der Waals surface area contributed by atoms with Crippen molar-refractivity contribution in [3.05, 3.63) is 126 Å². The molecule has 3 heteroatoms. The van der Waals surface area contributed by atoms with E-state index in [1.54, 1.807) is 0 Å². The molecule has 0 fully saturated rings. The lowest BCUT2D eigenvalue weighted by atomic mass is 9.80. The second-order valence-corrected chi connectivity index (χ2v) is 15.6. The van der Waals surface area contributed by atoms with E-state index in [2.05, 4.69) is 130 Å². The molecule has 224 valence electrons. The summed E-state index contributed by atoms with van der Waals surface area (Å²) in [5.74, 6) is 2.27. The van der Waals surface area contributed by atoms with E-state index in [0.29, 0.717) is 0 Å². The van der Waals surface area contributed by atoms with Crippen LogP contribution in [-0.4, -0.2) is 12.4 Å². The zero-order valence-electron chi connectivity index (χ0n) is 26.2. The summed E-state index contributed by atoms with van der Waals surface area (Å²) in [5, 5.41) is 4.19. The molecule has 0 radical (unpaired) electrons. The number of benzene rings is 4. The number of fused-ring (bicyclic) bond motifs is 1. The zero-order chi connectivity index (χ0) is 29.9. The van der Waals surface area contributed by atoms with Crippen LogP contribution < -0.4 is 20.7 Å². The van der Waals surface area contributed by atoms with Gasteiger partial charge in [0.05, 0.1) is 6.61 Å². The van der Waals surface area contributed by atoms with Gasteiger partial charge in [-0.15, -0.1) is 11.8 Å². The topological polar surface area (TPSA) is 9.23 Å². The Labute approximate surface area is 265 Å². The highest BCUT2D eigenvalue weighted by molar-refractivity contribution is 7.99. The summed E-state index contributed by atoms with van der Waals surface area (Å²) >= 11 is 1.99. The molecule has 1 nitrogen and oxygen atoms in total. The van der Waals surface area contributed by atoms with Crippen LogP contribution in [0.1, 0.15) is 76.0 Å². The minimum Gasteiger partial charge on any atom is -0.493 e. The summed E-state index contributed by atoms with van der Waals surface area (Å²) in [6.07, 6.45) is 14.1. The number of unbranched alkanes of at least 4 members (excludes halogenated alkanes) is 4. The van der Waals surface area contributed by atoms with Crippen LogP contribution in [0.3, 0.4) is 0 Å². The number of thioether (sulfide) groups is 1. The van der Waals surface area contributed by atoms with Crippen LogP contribution in [0.15, 0.2) is 114 Å². The first-order valence-electron chi connectivity index (χ1n) is 16.1. The van der Waals surface area contributed by atoms with Crippen molar-refractivity contribution in [2.75, 3.05) is 12.4 Å². The molecule has 0 atom stereocenters. The van der Waals surface area contributed by atoms with Crippen molar-refractivity contribution in [1.29, 1.82) is 0 Å². The Hall–Kier alpha value is -2.80. The van der Waals surface area contributed by atoms with Crippen molar-refractivity contribution in [1.82, 2.24) is 0 Å². The van der Waals surface area contributed by atoms with Crippen molar-refractivity contribution in [3.63, 3.8) is 0 Å². The lowest BCUT2D eigenvalue weighted by Crippen LogP contribution is -2.23. The summed E-state index contributed by atoms with van der Waals surface area (Å²) < 4.78 is 6.45. The van der Waals surface area contributed by atoms with E-state index in [4.69, 9.17) is 4.74 Å². The van der Waals surface area contributed by atoms with Gasteiger partial charge < -0.3 is 4.74 Å². The SMILES string of the molecule is CCCCCCCOc1cc2c(cc1C/C=C/Cc1cccc(P(c3ccccc3)c3ccccc3)c1)C(C)(C)CCS2. The van der Waals surface area contributed by atoms with Crippen molar-refractivity contribution >= 4 is 35.6 Å². The summed E-state index contributed by atoms with van der Waals surface area (Å²) in [4.78, 5) is 1.41. The van der Waals surface area contributed by atoms with E-state index in [1.807, 2.05) is 11.8 Å². The third-order valence-corrected chi connectivity index (χ3v) is 11.9. The second-order valence-electron chi connectivity index (χ2n) is 12.3. The van der Waals surface area contributed by atoms with Gasteiger partial charge in [-0.25, -0.2) is 0 Å². The molecular weight excluding hydrogens is 559 g/mol. The lowest BCUT2D eigenvalue weighted by Gasteiger charge is -2.33. The molecule has 0 aromatic heterocycles. The summed E-state index contributed by atoms with van der Waals surface area (Å²) in [5.41, 5.74) is 4.39. The average Bonchev–Trinajstić information content (AvgIpc) is 3.02. The molecule has 0 bridgehead atoms. The third kappa shape index (κ3) is 8.65. The first-order chi connectivity index (χ1) is 21.0. The molecule has 5 rings (SSSR count). The van der Waals surface area contributed by atoms with E-state index in [9.17, 15) is 0 Å². The van der Waals surface area contributed by atoms with Crippen molar-refractivity contribution in [3.8, 4) is 5.75 Å². The van der Waals surface area contributed by atoms with E-state index < -0.39 is 7.92 Å². The van der Waals surface area contributed by atoms with Gasteiger partial charge in [0, 0.05) is 4.90 Å². The maximum absolute atomic E-state index is 6.45. The number of ether oxygens (including phenoxy) is 1. The van der Waals surface area contributed by atoms with Gasteiger partial charge in [0.1, 0.15) is 5.75 Å². The van der Waals surface area contributed by atoms with Gasteiger partial charge in [-0.1, -0.05) is 150 Å². The maximum Gasteiger partial charge on any atom is 0.123 e. The molecule has 1 aliphatic rings. The largest absolute Gasteiger partial charge is 0.493 e. The average molecular weight is 607 g/mol. The molecule has 0 N–H and O–H groups in total. The molecule has 1 heterocycles. The fourth-order valence-electron chi connectivity index (χ4n) is 5.84. The Balaban J connectivity index is 1.31. The Bertz CT molecular complexity index is 1420. The zero-order valence-corrected chi connectivity index (χ0v) is 27.9. The van der Waals surface area contributed by atoms with Gasteiger partial charge in [0.25, 0.3) is 0 Å². The fourth-order valence-corrected chi connectivity index (χ4v) is 9.72. The van der Waals surface area contributed by atoms with Gasteiger partial charge in [-0.2, -0.15) is 0 Å². The van der Waals surface area contributed by atoms with Crippen molar-refractivity contribution in [2.45, 2.75) is 82.4 Å². The van der Waals surface area contributed by atoms with Crippen LogP contribution in [0.5, 0.6) is 5.75 Å². The van der Waals surface area contributed by atoms with Gasteiger partial charge in [0.15, 0.2) is 0 Å². The number of allylic oxidation sites excluding steroid dienone is 2. The van der Waals surface area contributed by atoms with E-state index in [-0.39, 0.29) is 5.41 Å². The normalized spacial score (nSPS) is 14.2. The number of rotatable bonds is 14. The first kappa shape index (κ1) is 31.6. The lowest BCUT2D eigenvalue weighted by molar-refractivity contribution is 0.301. The first-order valence-corrected chi connectivity index (χ1v) is 18.4. The Morgan fingerprint density at radius 2 is 1.42 bits per heavy atom. The molecule has 0 saturated heterocycles. The van der Waals surface area contributed by atoms with Gasteiger partial charge in [0.2, 0.25) is 0 Å². The minimum absolute atomic E-state index is 0.216. The standard InChI is InChI=1S/C40H47OPS/c1-4-5-6-7-16-27-41-38-31-39-37(40(2,3)26-28-43-39)30-33(38)20-15-14-18-32-19-17-25-36(29-32)42(34-21-10-8-11-22-34)35-23-12-9-13-24-35/h8-15,17,19,21-25,29-31H,4-7,16,18,20,26-28H2,1-3H3/b15-14+. The molecule has 0 saturated carbocycles. The fraction of sp³-hybridized carbons (Fsp3) is 0.350. The molecule has 43 heavy (non-hydrogen) atoms. The quantitative estimate of drug-likeness (QED) is 0.0803. The maximum atomic E-state index is 6.45. The molecular formula is C40H47OPS. The molecule has 0 unspecified atom stereocenters. The molecule has 0 spiro atoms. The van der Waals surface area contributed by atoms with E-state index >= 15 is 0 Å². The summed E-state index contributed by atoms with van der Waals surface area (Å²) in [7, 11) is -0.590. The van der Waals surface area contributed by atoms with Crippen molar-refractivity contribution in [2.24, 2.45) is 0 Å². The summed E-state index contributed by atoms with van der Waals surface area (Å²) in [6.45, 7) is 7.87. The number of hydrogen-bond donors (Lipinski definition) is 0. The predicted molar refractivity (Wildman–Crippen MR) is 191 cm³/mol. The van der Waals surface area contributed by atoms with Gasteiger partial charge in [-0.05, 0) is 83.4 Å². The highest BCUT2D eigenvalue weighted by Gasteiger charge is 2.29. The Morgan fingerprint density at radius 3 is 2.14 bits per heavy atom. The smallest absolute Gasteiger partial charge is 0.123 e. The van der Waals surface area contributed by atoms with E-state index in [1.165, 1.54) is 75.4 Å². The molecule has 4 aromatic rings. The van der Waals surface area contributed by atoms with Crippen LogP contribution in [0, 0.1) is 0 Å². The van der Waals surface area contributed by atoms with Crippen LogP contribution in [0.2, 0.25) is 0 Å². The molecule has 4 aromatic carbocycles. The monoisotopic (exact) mass is 606 g/mol.